The molecule has 0 spiro atoms. The molecule has 1 aliphatic carbocycles. The van der Waals surface area contributed by atoms with Crippen molar-refractivity contribution in [3.63, 3.8) is 0 Å². The van der Waals surface area contributed by atoms with Crippen LogP contribution in [-0.2, 0) is 0 Å². The summed E-state index contributed by atoms with van der Waals surface area (Å²) in [6, 6.07) is 2.51. The lowest BCUT2D eigenvalue weighted by Crippen LogP contribution is -2.37. The lowest BCUT2D eigenvalue weighted by Gasteiger charge is -2.35. The van der Waals surface area contributed by atoms with E-state index in [0.717, 1.165) is 11.0 Å². The van der Waals surface area contributed by atoms with Crippen LogP contribution in [0.15, 0.2) is 11.2 Å². The minimum absolute atomic E-state index is 0.621. The van der Waals surface area contributed by atoms with E-state index in [2.05, 4.69) is 27.3 Å². The van der Waals surface area contributed by atoms with Crippen LogP contribution in [0, 0.1) is 0 Å². The first-order chi connectivity index (χ1) is 7.74. The summed E-state index contributed by atoms with van der Waals surface area (Å²) in [4.78, 5) is 10.9. The summed E-state index contributed by atoms with van der Waals surface area (Å²) in [6.07, 6.45) is 5.78. The molecule has 0 saturated heterocycles. The van der Waals surface area contributed by atoms with Gasteiger partial charge >= 0.3 is 0 Å². The Labute approximate surface area is 99.8 Å². The molecule has 0 bridgehead atoms. The lowest BCUT2D eigenvalue weighted by molar-refractivity contribution is 0.398. The Hall–Kier alpha value is -1.01. The lowest BCUT2D eigenvalue weighted by atomic mass is 9.92. The number of nitrogens with two attached hydrogens (primary N) is 1. The van der Waals surface area contributed by atoms with Crippen molar-refractivity contribution in [1.29, 1.82) is 0 Å². The molecule has 88 valence electrons. The van der Waals surface area contributed by atoms with Crippen LogP contribution in [0.3, 0.4) is 0 Å². The molecule has 2 rings (SSSR count). The summed E-state index contributed by atoms with van der Waals surface area (Å²) in [5.74, 6) is 7.01. The van der Waals surface area contributed by atoms with E-state index in [-0.39, 0.29) is 0 Å². The number of anilines is 2. The topological polar surface area (TPSA) is 67.1 Å². The maximum Gasteiger partial charge on any atom is 0.191 e. The quantitative estimate of drug-likeness (QED) is 0.359. The van der Waals surface area contributed by atoms with Crippen LogP contribution in [0.4, 0.5) is 11.6 Å². The van der Waals surface area contributed by atoms with Crippen molar-refractivity contribution >= 4 is 23.4 Å². The van der Waals surface area contributed by atoms with Gasteiger partial charge in [-0.25, -0.2) is 15.8 Å². The van der Waals surface area contributed by atoms with Crippen molar-refractivity contribution in [1.82, 2.24) is 9.97 Å². The van der Waals surface area contributed by atoms with Gasteiger partial charge in [-0.1, -0.05) is 11.8 Å². The molecular weight excluding hydrogens is 222 g/mol. The van der Waals surface area contributed by atoms with Gasteiger partial charge < -0.3 is 10.3 Å². The van der Waals surface area contributed by atoms with E-state index in [1.54, 1.807) is 0 Å². The molecule has 1 aliphatic rings. The van der Waals surface area contributed by atoms with E-state index in [4.69, 9.17) is 5.84 Å². The maximum atomic E-state index is 5.40. The van der Waals surface area contributed by atoms with Crippen molar-refractivity contribution in [2.75, 3.05) is 23.6 Å². The van der Waals surface area contributed by atoms with Gasteiger partial charge in [0.2, 0.25) is 0 Å². The largest absolute Gasteiger partial charge is 0.356 e. The number of thioether (sulfide) groups is 1. The van der Waals surface area contributed by atoms with Crippen LogP contribution in [0.1, 0.15) is 19.3 Å². The zero-order valence-electron chi connectivity index (χ0n) is 9.60. The zero-order valence-corrected chi connectivity index (χ0v) is 10.4. The number of rotatable bonds is 4. The highest BCUT2D eigenvalue weighted by Gasteiger charge is 2.23. The maximum absolute atomic E-state index is 5.40. The van der Waals surface area contributed by atoms with Gasteiger partial charge in [-0.15, -0.1) is 0 Å². The minimum Gasteiger partial charge on any atom is -0.356 e. The Morgan fingerprint density at radius 2 is 2.25 bits per heavy atom. The van der Waals surface area contributed by atoms with E-state index in [1.807, 2.05) is 12.3 Å². The highest BCUT2D eigenvalue weighted by atomic mass is 32.2. The van der Waals surface area contributed by atoms with Gasteiger partial charge in [0.1, 0.15) is 11.6 Å². The van der Waals surface area contributed by atoms with Crippen LogP contribution in [0.2, 0.25) is 0 Å². The van der Waals surface area contributed by atoms with Crippen LogP contribution in [0.25, 0.3) is 0 Å². The SMILES string of the molecule is CSc1nc(NN)cc(N(C)C2CCC2)n1. The smallest absolute Gasteiger partial charge is 0.191 e. The zero-order chi connectivity index (χ0) is 11.5. The Kier molecular flexibility index (Phi) is 3.50. The second kappa shape index (κ2) is 4.88. The Morgan fingerprint density at radius 3 is 2.75 bits per heavy atom. The molecule has 1 aromatic rings. The highest BCUT2D eigenvalue weighted by Crippen LogP contribution is 2.28. The molecule has 0 aliphatic heterocycles. The average Bonchev–Trinajstić information content (AvgIpc) is 2.26. The summed E-state index contributed by atoms with van der Waals surface area (Å²) in [5, 5.41) is 0.747. The standard InChI is InChI=1S/C10H17N5S/c1-15(7-4-3-5-7)9-6-8(14-11)12-10(13-9)16-2/h6-7H,3-5,11H2,1-2H3,(H,12,13,14). The summed E-state index contributed by atoms with van der Waals surface area (Å²) < 4.78 is 0. The first-order valence-corrected chi connectivity index (χ1v) is 6.59. The van der Waals surface area contributed by atoms with Gasteiger partial charge in [-0.2, -0.15) is 0 Å². The van der Waals surface area contributed by atoms with Gasteiger partial charge in [0.15, 0.2) is 5.16 Å². The Morgan fingerprint density at radius 1 is 1.50 bits per heavy atom. The number of nitrogens with one attached hydrogen (secondary N) is 1. The highest BCUT2D eigenvalue weighted by molar-refractivity contribution is 7.98. The van der Waals surface area contributed by atoms with Crippen LogP contribution < -0.4 is 16.2 Å². The minimum atomic E-state index is 0.621. The number of hydrogen-bond acceptors (Lipinski definition) is 6. The second-order valence-electron chi connectivity index (χ2n) is 3.94. The fraction of sp³-hybridized carbons (Fsp3) is 0.600. The molecule has 1 fully saturated rings. The van der Waals surface area contributed by atoms with E-state index in [0.29, 0.717) is 11.9 Å². The molecule has 0 unspecified atom stereocenters. The van der Waals surface area contributed by atoms with Gasteiger partial charge in [0.05, 0.1) is 0 Å². The molecule has 6 heteroatoms. The molecule has 0 atom stereocenters. The number of aromatic nitrogens is 2. The Balaban J connectivity index is 2.24. The summed E-state index contributed by atoms with van der Waals surface area (Å²) in [7, 11) is 2.08. The third kappa shape index (κ3) is 2.22. The van der Waals surface area contributed by atoms with Crippen molar-refractivity contribution < 1.29 is 0 Å². The van der Waals surface area contributed by atoms with Crippen LogP contribution in [-0.4, -0.2) is 29.3 Å². The average molecular weight is 239 g/mol. The van der Waals surface area contributed by atoms with Crippen molar-refractivity contribution in [2.45, 2.75) is 30.5 Å². The molecule has 1 aromatic heterocycles. The third-order valence-corrected chi connectivity index (χ3v) is 3.55. The number of hydrazine groups is 1. The molecule has 1 saturated carbocycles. The molecule has 3 N–H and O–H groups in total. The van der Waals surface area contributed by atoms with Crippen molar-refractivity contribution in [3.8, 4) is 0 Å². The van der Waals surface area contributed by atoms with E-state index in [1.165, 1.54) is 31.0 Å². The number of hydrogen-bond donors (Lipinski definition) is 2. The summed E-state index contributed by atoms with van der Waals surface area (Å²) in [6.45, 7) is 0. The van der Waals surface area contributed by atoms with Gasteiger partial charge in [-0.05, 0) is 25.5 Å². The third-order valence-electron chi connectivity index (χ3n) is 3.01. The van der Waals surface area contributed by atoms with Crippen LogP contribution >= 0.6 is 11.8 Å². The molecule has 0 radical (unpaired) electrons. The summed E-state index contributed by atoms with van der Waals surface area (Å²) in [5.41, 5.74) is 2.58. The fourth-order valence-electron chi connectivity index (χ4n) is 1.72. The molecule has 1 heterocycles. The molecule has 0 amide bonds. The van der Waals surface area contributed by atoms with Crippen molar-refractivity contribution in [2.24, 2.45) is 5.84 Å². The molecular formula is C10H17N5S. The monoisotopic (exact) mass is 239 g/mol. The number of nitrogens with zero attached hydrogens (tertiary/aromatic N) is 3. The van der Waals surface area contributed by atoms with Gasteiger partial charge in [0, 0.05) is 19.2 Å². The van der Waals surface area contributed by atoms with Crippen molar-refractivity contribution in [3.05, 3.63) is 6.07 Å². The molecule has 16 heavy (non-hydrogen) atoms. The normalized spacial score (nSPS) is 15.7. The predicted octanol–water partition coefficient (Wildman–Crippen LogP) is 1.47. The Bertz CT molecular complexity index is 344. The molecule has 5 nitrogen and oxygen atoms in total. The van der Waals surface area contributed by atoms with Gasteiger partial charge in [-0.3, -0.25) is 0 Å². The predicted molar refractivity (Wildman–Crippen MR) is 67.7 cm³/mol. The van der Waals surface area contributed by atoms with Crippen LogP contribution in [0.5, 0.6) is 0 Å². The summed E-state index contributed by atoms with van der Waals surface area (Å²) >= 11 is 1.52. The second-order valence-corrected chi connectivity index (χ2v) is 4.71. The van der Waals surface area contributed by atoms with E-state index < -0.39 is 0 Å². The number of nitrogen functional groups attached to an aromatic ring is 1. The first-order valence-electron chi connectivity index (χ1n) is 5.37. The fourth-order valence-corrected chi connectivity index (χ4v) is 2.09. The molecule has 0 aromatic carbocycles. The van der Waals surface area contributed by atoms with E-state index >= 15 is 0 Å². The van der Waals surface area contributed by atoms with Gasteiger partial charge in [0.25, 0.3) is 0 Å². The van der Waals surface area contributed by atoms with E-state index in [9.17, 15) is 0 Å². The first kappa shape index (κ1) is 11.5.